The predicted molar refractivity (Wildman–Crippen MR) is 74.0 cm³/mol. The van der Waals surface area contributed by atoms with Gasteiger partial charge >= 0.3 is 36.0 Å². The van der Waals surface area contributed by atoms with Gasteiger partial charge in [0.25, 0.3) is 6.43 Å². The van der Waals surface area contributed by atoms with E-state index in [2.05, 4.69) is 4.74 Å². The van der Waals surface area contributed by atoms with Crippen LogP contribution in [0.15, 0.2) is 24.3 Å². The molecule has 0 heterocycles. The van der Waals surface area contributed by atoms with E-state index in [1.807, 2.05) is 0 Å². The summed E-state index contributed by atoms with van der Waals surface area (Å²) in [5.41, 5.74) is -0.891. The Morgan fingerprint density at radius 1 is 0.774 bits per heavy atom. The van der Waals surface area contributed by atoms with Gasteiger partial charge in [-0.1, -0.05) is 0 Å². The SMILES string of the molecule is O=C(OC(F)C(F)(F)C(F)(F)C(F)(F)C(F)(F)C(F)C(F)C(F)F)c1ccc(O)cc1. The first kappa shape index (κ1) is 26.6. The predicted octanol–water partition coefficient (Wildman–Crippen LogP) is 5.33. The summed E-state index contributed by atoms with van der Waals surface area (Å²) in [6.45, 7) is 0. The molecule has 178 valence electrons. The smallest absolute Gasteiger partial charge is 0.385 e. The van der Waals surface area contributed by atoms with Crippen LogP contribution in [-0.2, 0) is 4.74 Å². The van der Waals surface area contributed by atoms with Crippen LogP contribution < -0.4 is 0 Å². The maximum Gasteiger partial charge on any atom is 0.385 e. The van der Waals surface area contributed by atoms with E-state index in [0.717, 1.165) is 0 Å². The third-order valence-corrected chi connectivity index (χ3v) is 3.70. The molecule has 0 aliphatic rings. The second kappa shape index (κ2) is 8.61. The molecule has 0 radical (unpaired) electrons. The number of rotatable bonds is 9. The molecule has 1 aromatic rings. The Morgan fingerprint density at radius 3 is 1.61 bits per heavy atom. The summed E-state index contributed by atoms with van der Waals surface area (Å²) in [6.07, 6.45) is -20.0. The van der Waals surface area contributed by atoms with Crippen LogP contribution in [0, 0.1) is 0 Å². The van der Waals surface area contributed by atoms with Gasteiger partial charge in [0.2, 0.25) is 6.17 Å². The van der Waals surface area contributed by atoms with Gasteiger partial charge in [0.1, 0.15) is 5.75 Å². The quantitative estimate of drug-likeness (QED) is 0.381. The highest BCUT2D eigenvalue weighted by molar-refractivity contribution is 5.89. The van der Waals surface area contributed by atoms with Gasteiger partial charge in [0.15, 0.2) is 6.17 Å². The molecule has 3 atom stereocenters. The molecule has 0 fully saturated rings. The molecule has 1 N–H and O–H groups in total. The first-order valence-corrected chi connectivity index (χ1v) is 7.54. The van der Waals surface area contributed by atoms with Gasteiger partial charge in [-0.2, -0.15) is 39.5 Å². The molecule has 3 unspecified atom stereocenters. The first-order chi connectivity index (χ1) is 13.8. The highest BCUT2D eigenvalue weighted by atomic mass is 19.4. The Bertz CT molecular complexity index is 766. The number of carbonyl (C=O) groups is 1. The molecule has 0 aromatic heterocycles. The van der Waals surface area contributed by atoms with Gasteiger partial charge in [-0.25, -0.2) is 22.4 Å². The van der Waals surface area contributed by atoms with Crippen molar-refractivity contribution in [3.8, 4) is 5.75 Å². The lowest BCUT2D eigenvalue weighted by Crippen LogP contribution is -2.68. The van der Waals surface area contributed by atoms with Crippen LogP contribution in [0.4, 0.5) is 57.1 Å². The van der Waals surface area contributed by atoms with E-state index in [1.54, 1.807) is 0 Å². The summed E-state index contributed by atoms with van der Waals surface area (Å²) in [4.78, 5) is 11.4. The van der Waals surface area contributed by atoms with Crippen molar-refractivity contribution in [1.29, 1.82) is 0 Å². The van der Waals surface area contributed by atoms with Crippen molar-refractivity contribution in [1.82, 2.24) is 0 Å². The molecular weight excluding hydrogens is 475 g/mol. The van der Waals surface area contributed by atoms with Crippen LogP contribution in [0.2, 0.25) is 0 Å². The van der Waals surface area contributed by atoms with Gasteiger partial charge in [-0.05, 0) is 24.3 Å². The fourth-order valence-corrected chi connectivity index (χ4v) is 1.90. The molecule has 31 heavy (non-hydrogen) atoms. The van der Waals surface area contributed by atoms with Gasteiger partial charge in [-0.15, -0.1) is 0 Å². The monoisotopic (exact) mass is 484 g/mol. The summed E-state index contributed by atoms with van der Waals surface area (Å²) in [6, 6.07) is 2.54. The fourth-order valence-electron chi connectivity index (χ4n) is 1.90. The number of hydrogen-bond donors (Lipinski definition) is 1. The number of ether oxygens (including phenoxy) is 1. The maximum atomic E-state index is 13.6. The summed E-state index contributed by atoms with van der Waals surface area (Å²) in [5.74, 6) is -32.1. The molecule has 0 amide bonds. The lowest BCUT2D eigenvalue weighted by atomic mass is 9.93. The topological polar surface area (TPSA) is 46.5 Å². The summed E-state index contributed by atoms with van der Waals surface area (Å²) >= 11 is 0. The zero-order valence-electron chi connectivity index (χ0n) is 14.3. The lowest BCUT2D eigenvalue weighted by molar-refractivity contribution is -0.398. The van der Waals surface area contributed by atoms with Crippen molar-refractivity contribution in [3.05, 3.63) is 29.8 Å². The molecule has 0 saturated heterocycles. The number of halogens is 13. The average Bonchev–Trinajstić information content (AvgIpc) is 2.66. The molecule has 0 bridgehead atoms. The van der Waals surface area contributed by atoms with Crippen molar-refractivity contribution in [2.75, 3.05) is 0 Å². The van der Waals surface area contributed by atoms with Gasteiger partial charge in [-0.3, -0.25) is 0 Å². The largest absolute Gasteiger partial charge is 0.508 e. The zero-order chi connectivity index (χ0) is 24.6. The second-order valence-corrected chi connectivity index (χ2v) is 5.84. The highest BCUT2D eigenvalue weighted by Gasteiger charge is 2.85. The summed E-state index contributed by atoms with van der Waals surface area (Å²) < 4.78 is 174. The first-order valence-electron chi connectivity index (χ1n) is 7.54. The van der Waals surface area contributed by atoms with E-state index >= 15 is 0 Å². The molecule has 0 saturated carbocycles. The number of benzene rings is 1. The van der Waals surface area contributed by atoms with Crippen molar-refractivity contribution in [2.24, 2.45) is 0 Å². The molecular formula is C15H9F13O3. The van der Waals surface area contributed by atoms with Gasteiger partial charge in [0, 0.05) is 0 Å². The van der Waals surface area contributed by atoms with E-state index in [1.165, 1.54) is 0 Å². The van der Waals surface area contributed by atoms with Crippen LogP contribution in [0.25, 0.3) is 0 Å². The molecule has 0 aliphatic carbocycles. The Morgan fingerprint density at radius 2 is 1.19 bits per heavy atom. The number of aromatic hydroxyl groups is 1. The Hall–Kier alpha value is -2.42. The minimum atomic E-state index is -7.64. The van der Waals surface area contributed by atoms with Crippen molar-refractivity contribution < 1.29 is 71.7 Å². The van der Waals surface area contributed by atoms with E-state index < -0.39 is 66.1 Å². The average molecular weight is 484 g/mol. The number of phenolic OH excluding ortho intramolecular Hbond substituents is 1. The molecule has 3 nitrogen and oxygen atoms in total. The Balaban J connectivity index is 3.22. The van der Waals surface area contributed by atoms with Crippen molar-refractivity contribution >= 4 is 5.97 Å². The number of esters is 1. The van der Waals surface area contributed by atoms with Crippen LogP contribution in [0.3, 0.4) is 0 Å². The minimum absolute atomic E-state index is 0.525. The Kier molecular flexibility index (Phi) is 7.39. The minimum Gasteiger partial charge on any atom is -0.508 e. The molecule has 0 spiro atoms. The third kappa shape index (κ3) is 4.61. The number of phenols is 1. The summed E-state index contributed by atoms with van der Waals surface area (Å²) in [7, 11) is 0. The van der Waals surface area contributed by atoms with E-state index in [-0.39, 0.29) is 0 Å². The Labute approximate surface area is 163 Å². The van der Waals surface area contributed by atoms with Crippen LogP contribution in [-0.4, -0.2) is 59.9 Å². The highest BCUT2D eigenvalue weighted by Crippen LogP contribution is 2.56. The van der Waals surface area contributed by atoms with E-state index in [0.29, 0.717) is 24.3 Å². The molecule has 1 rings (SSSR count). The van der Waals surface area contributed by atoms with E-state index in [4.69, 9.17) is 5.11 Å². The van der Waals surface area contributed by atoms with Crippen LogP contribution >= 0.6 is 0 Å². The number of alkyl halides is 13. The summed E-state index contributed by atoms with van der Waals surface area (Å²) in [5, 5.41) is 8.94. The van der Waals surface area contributed by atoms with Gasteiger partial charge in [0.05, 0.1) is 5.56 Å². The second-order valence-electron chi connectivity index (χ2n) is 5.84. The molecule has 0 aliphatic heterocycles. The number of carbonyl (C=O) groups excluding carboxylic acids is 1. The van der Waals surface area contributed by atoms with Gasteiger partial charge < -0.3 is 9.84 Å². The van der Waals surface area contributed by atoms with Crippen molar-refractivity contribution in [3.63, 3.8) is 0 Å². The molecule has 16 heteroatoms. The molecule has 1 aromatic carbocycles. The van der Waals surface area contributed by atoms with Crippen LogP contribution in [0.5, 0.6) is 5.75 Å². The lowest BCUT2D eigenvalue weighted by Gasteiger charge is -2.38. The zero-order valence-corrected chi connectivity index (χ0v) is 14.3. The number of hydrogen-bond acceptors (Lipinski definition) is 3. The fraction of sp³-hybridized carbons (Fsp3) is 0.533. The normalized spacial score (nSPS) is 16.7. The standard InChI is InChI=1S/C15H9F13O3/c16-7(9(18)19)8(17)12(21,22)14(25,26)15(27,28)13(23,24)11(20)31-10(30)5-1-3-6(29)4-2-5/h1-4,7-9,11,29H. The van der Waals surface area contributed by atoms with E-state index in [9.17, 15) is 61.9 Å². The van der Waals surface area contributed by atoms with Crippen molar-refractivity contribution in [2.45, 2.75) is 48.8 Å². The maximum absolute atomic E-state index is 13.6. The third-order valence-electron chi connectivity index (χ3n) is 3.70. The van der Waals surface area contributed by atoms with Crippen LogP contribution in [0.1, 0.15) is 10.4 Å².